The van der Waals surface area contributed by atoms with Gasteiger partial charge in [0.25, 0.3) is 0 Å². The molecule has 1 amide bonds. The maximum Gasteiger partial charge on any atom is 0.328 e. The van der Waals surface area contributed by atoms with Crippen molar-refractivity contribution in [2.45, 2.75) is 24.4 Å². The van der Waals surface area contributed by atoms with Crippen LogP contribution in [-0.4, -0.2) is 33.0 Å². The highest BCUT2D eigenvalue weighted by molar-refractivity contribution is 8.00. The molecule has 8 heteroatoms. The van der Waals surface area contributed by atoms with Gasteiger partial charge in [-0.25, -0.2) is 10.2 Å². The molecule has 4 atom stereocenters. The van der Waals surface area contributed by atoms with Gasteiger partial charge in [0.15, 0.2) is 0 Å². The lowest BCUT2D eigenvalue weighted by atomic mass is 9.91. The summed E-state index contributed by atoms with van der Waals surface area (Å²) < 4.78 is 3.34. The highest BCUT2D eigenvalue weighted by atomic mass is 32.2. The summed E-state index contributed by atoms with van der Waals surface area (Å²) in [5.41, 5.74) is 9.39. The Morgan fingerprint density at radius 1 is 1.12 bits per heavy atom. The maximum absolute atomic E-state index is 12.2. The zero-order chi connectivity index (χ0) is 17.0. The van der Waals surface area contributed by atoms with Gasteiger partial charge in [-0.1, -0.05) is 6.07 Å². The van der Waals surface area contributed by atoms with E-state index in [4.69, 9.17) is 0 Å². The number of hydrogen-bond acceptors (Lipinski definition) is 5. The molecule has 7 nitrogen and oxygen atoms in total. The van der Waals surface area contributed by atoms with Crippen LogP contribution in [0.25, 0.3) is 11.0 Å². The number of amides is 1. The summed E-state index contributed by atoms with van der Waals surface area (Å²) in [5, 5.41) is 3.21. The van der Waals surface area contributed by atoms with Gasteiger partial charge in [0.2, 0.25) is 5.91 Å². The highest BCUT2D eigenvalue weighted by Crippen LogP contribution is 2.42. The van der Waals surface area contributed by atoms with Gasteiger partial charge >= 0.3 is 5.69 Å². The van der Waals surface area contributed by atoms with Crippen molar-refractivity contribution < 1.29 is 4.79 Å². The van der Waals surface area contributed by atoms with Gasteiger partial charge < -0.3 is 5.32 Å². The molecule has 0 bridgehead atoms. The summed E-state index contributed by atoms with van der Waals surface area (Å²) in [5.74, 6) is 0.728. The zero-order valence-corrected chi connectivity index (χ0v) is 14.7. The monoisotopic (exact) mass is 347 g/mol. The van der Waals surface area contributed by atoms with E-state index >= 15 is 0 Å². The van der Waals surface area contributed by atoms with E-state index in [1.54, 1.807) is 35.0 Å². The molecule has 2 aromatic rings. The van der Waals surface area contributed by atoms with Crippen LogP contribution in [0.1, 0.15) is 17.7 Å². The number of aryl methyl sites for hydroxylation is 2. The number of carbonyl (C=O) groups excluding carboxylic acids is 1. The normalized spacial score (nSPS) is 30.2. The van der Waals surface area contributed by atoms with Gasteiger partial charge in [-0.3, -0.25) is 19.4 Å². The molecule has 2 saturated heterocycles. The second kappa shape index (κ2) is 5.65. The Kier molecular flexibility index (Phi) is 3.70. The Morgan fingerprint density at radius 2 is 1.88 bits per heavy atom. The molecule has 4 unspecified atom stereocenters. The molecule has 3 heterocycles. The van der Waals surface area contributed by atoms with Crippen molar-refractivity contribution >= 4 is 28.7 Å². The maximum atomic E-state index is 12.2. The number of aromatic nitrogens is 2. The molecule has 2 fully saturated rings. The molecule has 0 radical (unpaired) electrons. The predicted molar refractivity (Wildman–Crippen MR) is 94.5 cm³/mol. The SMILES string of the molecule is CC1NNC2NC(=O)CSC(c3ccc4c(c3)n(C)c(=O)n4C)C12. The molecule has 0 aliphatic carbocycles. The van der Waals surface area contributed by atoms with E-state index in [-0.39, 0.29) is 35.0 Å². The number of imidazole rings is 1. The Morgan fingerprint density at radius 3 is 2.67 bits per heavy atom. The van der Waals surface area contributed by atoms with E-state index in [0.29, 0.717) is 5.75 Å². The summed E-state index contributed by atoms with van der Waals surface area (Å²) in [7, 11) is 3.58. The molecule has 0 saturated carbocycles. The summed E-state index contributed by atoms with van der Waals surface area (Å²) in [4.78, 5) is 24.1. The van der Waals surface area contributed by atoms with Crippen molar-refractivity contribution in [1.29, 1.82) is 0 Å². The number of hydrazine groups is 1. The predicted octanol–water partition coefficient (Wildman–Crippen LogP) is 0.220. The van der Waals surface area contributed by atoms with E-state index in [1.165, 1.54) is 0 Å². The number of thioether (sulfide) groups is 1. The number of carbonyl (C=O) groups is 1. The Bertz CT molecular complexity index is 873. The third-order valence-corrected chi connectivity index (χ3v) is 6.49. The van der Waals surface area contributed by atoms with Crippen molar-refractivity contribution in [3.05, 3.63) is 34.2 Å². The first-order chi connectivity index (χ1) is 11.5. The molecule has 1 aromatic carbocycles. The van der Waals surface area contributed by atoms with Crippen LogP contribution in [-0.2, 0) is 18.9 Å². The van der Waals surface area contributed by atoms with Crippen LogP contribution < -0.4 is 21.9 Å². The number of benzene rings is 1. The minimum Gasteiger partial charge on any atom is -0.338 e. The first kappa shape index (κ1) is 15.7. The lowest BCUT2D eigenvalue weighted by Crippen LogP contribution is -2.46. The molecule has 1 aromatic heterocycles. The fourth-order valence-electron chi connectivity index (χ4n) is 3.78. The molecule has 0 spiro atoms. The Labute approximate surface area is 143 Å². The average Bonchev–Trinajstić information content (AvgIpc) is 2.95. The minimum atomic E-state index is -0.0808. The van der Waals surface area contributed by atoms with E-state index in [2.05, 4.69) is 35.2 Å². The van der Waals surface area contributed by atoms with Gasteiger partial charge in [0.05, 0.1) is 23.0 Å². The van der Waals surface area contributed by atoms with Crippen LogP contribution in [0.5, 0.6) is 0 Å². The lowest BCUT2D eigenvalue weighted by molar-refractivity contribution is -0.119. The first-order valence-electron chi connectivity index (χ1n) is 8.05. The number of rotatable bonds is 1. The highest BCUT2D eigenvalue weighted by Gasteiger charge is 2.42. The fourth-order valence-corrected chi connectivity index (χ4v) is 5.15. The number of nitrogens with one attached hydrogen (secondary N) is 3. The van der Waals surface area contributed by atoms with Crippen molar-refractivity contribution in [2.24, 2.45) is 20.0 Å². The number of fused-ring (bicyclic) bond motifs is 2. The smallest absolute Gasteiger partial charge is 0.328 e. The summed E-state index contributed by atoms with van der Waals surface area (Å²) in [6, 6.07) is 6.41. The molecule has 24 heavy (non-hydrogen) atoms. The standard InChI is InChI=1S/C16H21N5O2S/c1-8-13-14(24-7-12(22)17-15(13)19-18-8)9-4-5-10-11(6-9)21(3)16(23)20(10)2/h4-6,8,13-15,18-19H,7H2,1-3H3,(H,17,22). The van der Waals surface area contributed by atoms with Crippen LogP contribution >= 0.6 is 11.8 Å². The van der Waals surface area contributed by atoms with Crippen molar-refractivity contribution in [3.8, 4) is 0 Å². The number of nitrogens with zero attached hydrogens (tertiary/aromatic N) is 2. The lowest BCUT2D eigenvalue weighted by Gasteiger charge is -2.27. The van der Waals surface area contributed by atoms with E-state index in [0.717, 1.165) is 16.6 Å². The molecule has 3 N–H and O–H groups in total. The van der Waals surface area contributed by atoms with Crippen molar-refractivity contribution in [1.82, 2.24) is 25.3 Å². The molecule has 2 aliphatic rings. The second-order valence-corrected chi connectivity index (χ2v) is 7.71. The minimum absolute atomic E-state index is 0.0250. The molecule has 128 valence electrons. The van der Waals surface area contributed by atoms with Gasteiger partial charge in [-0.05, 0) is 24.6 Å². The second-order valence-electron chi connectivity index (χ2n) is 6.58. The van der Waals surface area contributed by atoms with Crippen LogP contribution in [0.3, 0.4) is 0 Å². The van der Waals surface area contributed by atoms with Gasteiger partial charge in [0, 0.05) is 31.3 Å². The third-order valence-electron chi connectivity index (χ3n) is 5.11. The fraction of sp³-hybridized carbons (Fsp3) is 0.500. The quantitative estimate of drug-likeness (QED) is 0.688. The molecule has 4 rings (SSSR count). The van der Waals surface area contributed by atoms with E-state index < -0.39 is 0 Å². The van der Waals surface area contributed by atoms with Gasteiger partial charge in [-0.15, -0.1) is 11.8 Å². The third kappa shape index (κ3) is 2.28. The van der Waals surface area contributed by atoms with Crippen LogP contribution in [0.15, 0.2) is 23.0 Å². The molecule has 2 aliphatic heterocycles. The molecular weight excluding hydrogens is 326 g/mol. The largest absolute Gasteiger partial charge is 0.338 e. The van der Waals surface area contributed by atoms with Crippen LogP contribution in [0, 0.1) is 5.92 Å². The Hall–Kier alpha value is -1.77. The summed E-state index contributed by atoms with van der Waals surface area (Å²) in [6.45, 7) is 2.12. The van der Waals surface area contributed by atoms with Crippen molar-refractivity contribution in [3.63, 3.8) is 0 Å². The van der Waals surface area contributed by atoms with E-state index in [1.807, 2.05) is 6.07 Å². The average molecular weight is 347 g/mol. The zero-order valence-electron chi connectivity index (χ0n) is 13.9. The topological polar surface area (TPSA) is 80.1 Å². The van der Waals surface area contributed by atoms with Crippen LogP contribution in [0.2, 0.25) is 0 Å². The van der Waals surface area contributed by atoms with Gasteiger partial charge in [-0.2, -0.15) is 0 Å². The molecular formula is C16H21N5O2S. The van der Waals surface area contributed by atoms with Gasteiger partial charge in [0.1, 0.15) is 0 Å². The first-order valence-corrected chi connectivity index (χ1v) is 9.09. The van der Waals surface area contributed by atoms with Crippen LogP contribution in [0.4, 0.5) is 0 Å². The number of hydrogen-bond donors (Lipinski definition) is 3. The summed E-state index contributed by atoms with van der Waals surface area (Å²) >= 11 is 1.66. The van der Waals surface area contributed by atoms with E-state index in [9.17, 15) is 9.59 Å². The Balaban J connectivity index is 1.81. The van der Waals surface area contributed by atoms with Crippen molar-refractivity contribution in [2.75, 3.05) is 5.75 Å². The summed E-state index contributed by atoms with van der Waals surface area (Å²) in [6.07, 6.45) is -0.0808.